The van der Waals surface area contributed by atoms with Gasteiger partial charge >= 0.3 is 0 Å². The van der Waals surface area contributed by atoms with Crippen molar-refractivity contribution in [1.82, 2.24) is 15.0 Å². The summed E-state index contributed by atoms with van der Waals surface area (Å²) in [6.07, 6.45) is -0.305. The number of hydrogen-bond donors (Lipinski definition) is 2. The number of hydrogen-bond acceptors (Lipinski definition) is 6. The third kappa shape index (κ3) is 2.40. The van der Waals surface area contributed by atoms with E-state index in [1.165, 1.54) is 11.3 Å². The minimum Gasteiger partial charge on any atom is -0.393 e. The molecule has 17 heavy (non-hydrogen) atoms. The van der Waals surface area contributed by atoms with E-state index < -0.39 is 12.0 Å². The molecule has 0 radical (unpaired) electrons. The topological polar surface area (TPSA) is 102 Å². The molecule has 0 fully saturated rings. The quantitative estimate of drug-likeness (QED) is 0.824. The average Bonchev–Trinajstić information content (AvgIpc) is 2.55. The number of carbonyl (C=O) groups is 1. The van der Waals surface area contributed by atoms with Crippen molar-refractivity contribution in [3.05, 3.63) is 16.5 Å². The first-order valence-corrected chi connectivity index (χ1v) is 5.91. The second-order valence-electron chi connectivity index (χ2n) is 3.79. The number of aliphatic hydroxyl groups excluding tert-OH is 1. The molecule has 0 aliphatic rings. The lowest BCUT2D eigenvalue weighted by atomic mass is 10.2. The summed E-state index contributed by atoms with van der Waals surface area (Å²) < 4.78 is 0.601. The van der Waals surface area contributed by atoms with Gasteiger partial charge in [-0.25, -0.2) is 15.0 Å². The average molecular weight is 252 g/mol. The molecule has 1 amide bonds. The lowest BCUT2D eigenvalue weighted by Gasteiger charge is -2.04. The fraction of sp³-hybridized carbons (Fsp3) is 0.400. The summed E-state index contributed by atoms with van der Waals surface area (Å²) in [6, 6.07) is 0. The molecule has 0 saturated carbocycles. The third-order valence-corrected chi connectivity index (χ3v) is 3.09. The number of amides is 1. The van der Waals surface area contributed by atoms with Crippen molar-refractivity contribution in [2.75, 3.05) is 0 Å². The standard InChI is InChI=1S/C10H12N4O2S/c1-4(15)3-6-13-7(9(11)16)8-10(14-6)12-5(2)17-8/h4,15H,3H2,1-2H3,(H2,11,16)/t4-/m1/s1. The van der Waals surface area contributed by atoms with Crippen LogP contribution >= 0.6 is 11.3 Å². The predicted molar refractivity (Wildman–Crippen MR) is 63.8 cm³/mol. The van der Waals surface area contributed by atoms with Crippen LogP contribution in [0.2, 0.25) is 0 Å². The summed E-state index contributed by atoms with van der Waals surface area (Å²) in [7, 11) is 0. The van der Waals surface area contributed by atoms with Crippen LogP contribution in [-0.4, -0.2) is 32.1 Å². The number of rotatable bonds is 3. The summed E-state index contributed by atoms with van der Waals surface area (Å²) in [6.45, 7) is 3.45. The Balaban J connectivity index is 2.62. The van der Waals surface area contributed by atoms with Gasteiger partial charge in [0.15, 0.2) is 11.3 Å². The lowest BCUT2D eigenvalue weighted by molar-refractivity contribution is 0.0996. The minimum atomic E-state index is -0.604. The molecule has 2 aromatic rings. The molecule has 2 aromatic heterocycles. The summed E-state index contributed by atoms with van der Waals surface area (Å²) in [5.41, 5.74) is 5.92. The van der Waals surface area contributed by atoms with E-state index >= 15 is 0 Å². The largest absolute Gasteiger partial charge is 0.393 e. The Bertz CT molecular complexity index is 579. The highest BCUT2D eigenvalue weighted by Crippen LogP contribution is 2.23. The Morgan fingerprint density at radius 1 is 1.47 bits per heavy atom. The molecule has 0 bridgehead atoms. The zero-order valence-electron chi connectivity index (χ0n) is 9.47. The van der Waals surface area contributed by atoms with Gasteiger partial charge in [-0.1, -0.05) is 0 Å². The Hall–Kier alpha value is -1.60. The van der Waals surface area contributed by atoms with E-state index in [0.717, 1.165) is 5.01 Å². The SMILES string of the molecule is Cc1nc2nc(C[C@@H](C)O)nc(C(N)=O)c2s1. The molecule has 2 heterocycles. The highest BCUT2D eigenvalue weighted by atomic mass is 32.1. The summed E-state index contributed by atoms with van der Waals surface area (Å²) in [4.78, 5) is 23.8. The monoisotopic (exact) mass is 252 g/mol. The molecule has 1 atom stereocenters. The Kier molecular flexibility index (Phi) is 3.03. The van der Waals surface area contributed by atoms with E-state index in [1.54, 1.807) is 6.92 Å². The van der Waals surface area contributed by atoms with Crippen molar-refractivity contribution >= 4 is 27.6 Å². The van der Waals surface area contributed by atoms with Gasteiger partial charge in [-0.05, 0) is 13.8 Å². The van der Waals surface area contributed by atoms with Crippen LogP contribution in [0.1, 0.15) is 28.2 Å². The molecule has 7 heteroatoms. The van der Waals surface area contributed by atoms with Crippen LogP contribution in [0.3, 0.4) is 0 Å². The molecule has 0 unspecified atom stereocenters. The maximum absolute atomic E-state index is 11.3. The van der Waals surface area contributed by atoms with Gasteiger partial charge in [-0.2, -0.15) is 0 Å². The van der Waals surface area contributed by atoms with Crippen molar-refractivity contribution < 1.29 is 9.90 Å². The van der Waals surface area contributed by atoms with Crippen LogP contribution in [-0.2, 0) is 6.42 Å². The van der Waals surface area contributed by atoms with E-state index in [4.69, 9.17) is 5.73 Å². The number of fused-ring (bicyclic) bond motifs is 1. The number of aryl methyl sites for hydroxylation is 1. The number of nitrogens with zero attached hydrogens (tertiary/aromatic N) is 3. The molecule has 6 nitrogen and oxygen atoms in total. The zero-order valence-corrected chi connectivity index (χ0v) is 10.3. The van der Waals surface area contributed by atoms with Crippen LogP contribution < -0.4 is 5.73 Å². The predicted octanol–water partition coefficient (Wildman–Crippen LogP) is 0.417. The van der Waals surface area contributed by atoms with Crippen LogP contribution in [0.5, 0.6) is 0 Å². The van der Waals surface area contributed by atoms with E-state index in [-0.39, 0.29) is 12.1 Å². The normalized spacial score (nSPS) is 12.9. The first-order chi connectivity index (χ1) is 7.97. The number of thiazole rings is 1. The number of aromatic nitrogens is 3. The van der Waals surface area contributed by atoms with Gasteiger partial charge < -0.3 is 10.8 Å². The third-order valence-electron chi connectivity index (χ3n) is 2.12. The maximum atomic E-state index is 11.3. The van der Waals surface area contributed by atoms with Crippen molar-refractivity contribution in [2.45, 2.75) is 26.4 Å². The maximum Gasteiger partial charge on any atom is 0.269 e. The van der Waals surface area contributed by atoms with Crippen molar-refractivity contribution in [2.24, 2.45) is 5.73 Å². The summed E-state index contributed by atoms with van der Waals surface area (Å²) in [5, 5.41) is 10.1. The number of aliphatic hydroxyl groups is 1. The first-order valence-electron chi connectivity index (χ1n) is 5.09. The van der Waals surface area contributed by atoms with Gasteiger partial charge in [-0.15, -0.1) is 11.3 Å². The number of nitrogens with two attached hydrogens (primary N) is 1. The van der Waals surface area contributed by atoms with Crippen molar-refractivity contribution in [1.29, 1.82) is 0 Å². The highest BCUT2D eigenvalue weighted by Gasteiger charge is 2.16. The molecule has 0 aromatic carbocycles. The van der Waals surface area contributed by atoms with Crippen molar-refractivity contribution in [3.63, 3.8) is 0 Å². The molecule has 90 valence electrons. The Labute approximate surface area is 102 Å². The van der Waals surface area contributed by atoms with Gasteiger partial charge in [0.2, 0.25) is 0 Å². The van der Waals surface area contributed by atoms with E-state index in [0.29, 0.717) is 16.2 Å². The Morgan fingerprint density at radius 3 is 2.76 bits per heavy atom. The van der Waals surface area contributed by atoms with E-state index in [2.05, 4.69) is 15.0 Å². The highest BCUT2D eigenvalue weighted by molar-refractivity contribution is 7.18. The van der Waals surface area contributed by atoms with Crippen LogP contribution in [0.25, 0.3) is 10.3 Å². The number of carbonyl (C=O) groups excluding carboxylic acids is 1. The molecule has 3 N–H and O–H groups in total. The fourth-order valence-corrected chi connectivity index (χ4v) is 2.35. The molecular formula is C10H12N4O2S. The summed E-state index contributed by atoms with van der Waals surface area (Å²) >= 11 is 1.34. The van der Waals surface area contributed by atoms with Gasteiger partial charge in [0.05, 0.1) is 11.1 Å². The van der Waals surface area contributed by atoms with Crippen molar-refractivity contribution in [3.8, 4) is 0 Å². The molecule has 0 spiro atoms. The minimum absolute atomic E-state index is 0.177. The van der Waals surface area contributed by atoms with Crippen LogP contribution in [0, 0.1) is 6.92 Å². The zero-order chi connectivity index (χ0) is 12.6. The summed E-state index contributed by atoms with van der Waals surface area (Å²) in [5.74, 6) is -0.223. The molecule has 0 saturated heterocycles. The first kappa shape index (κ1) is 11.9. The van der Waals surface area contributed by atoms with Gasteiger partial charge in [0.25, 0.3) is 5.91 Å². The molecule has 0 aliphatic heterocycles. The second-order valence-corrected chi connectivity index (χ2v) is 4.99. The molecule has 0 aliphatic carbocycles. The lowest BCUT2D eigenvalue weighted by Crippen LogP contribution is -2.17. The second kappa shape index (κ2) is 4.34. The van der Waals surface area contributed by atoms with Gasteiger partial charge in [-0.3, -0.25) is 4.79 Å². The molecule has 2 rings (SSSR count). The molecular weight excluding hydrogens is 240 g/mol. The van der Waals surface area contributed by atoms with Crippen LogP contribution in [0.4, 0.5) is 0 Å². The fourth-order valence-electron chi connectivity index (χ4n) is 1.50. The Morgan fingerprint density at radius 2 is 2.18 bits per heavy atom. The van der Waals surface area contributed by atoms with E-state index in [9.17, 15) is 9.90 Å². The van der Waals surface area contributed by atoms with Gasteiger partial charge in [0.1, 0.15) is 10.5 Å². The van der Waals surface area contributed by atoms with E-state index in [1.807, 2.05) is 6.92 Å². The van der Waals surface area contributed by atoms with Gasteiger partial charge in [0, 0.05) is 6.42 Å². The number of primary amides is 1. The van der Waals surface area contributed by atoms with Crippen LogP contribution in [0.15, 0.2) is 0 Å². The smallest absolute Gasteiger partial charge is 0.269 e.